The van der Waals surface area contributed by atoms with Crippen molar-refractivity contribution in [1.82, 2.24) is 9.97 Å². The summed E-state index contributed by atoms with van der Waals surface area (Å²) in [6, 6.07) is 6.53. The molecule has 0 aliphatic rings. The molecule has 4 nitrogen and oxygen atoms in total. The third-order valence-electron chi connectivity index (χ3n) is 3.54. The van der Waals surface area contributed by atoms with Crippen LogP contribution >= 0.6 is 0 Å². The van der Waals surface area contributed by atoms with Gasteiger partial charge in [0.05, 0.1) is 0 Å². The summed E-state index contributed by atoms with van der Waals surface area (Å²) in [6.45, 7) is 10.5. The molecule has 0 amide bonds. The smallest absolute Gasteiger partial charge is 0.147 e. The maximum absolute atomic E-state index is 5.63. The lowest BCUT2D eigenvalue weighted by atomic mass is 10.0. The highest BCUT2D eigenvalue weighted by atomic mass is 15.3. The van der Waals surface area contributed by atoms with Crippen molar-refractivity contribution in [3.05, 3.63) is 52.0 Å². The van der Waals surface area contributed by atoms with Gasteiger partial charge in [0.2, 0.25) is 0 Å². The number of aryl methyl sites for hydroxylation is 3. The van der Waals surface area contributed by atoms with Crippen molar-refractivity contribution in [3.8, 4) is 0 Å². The molecule has 0 bridgehead atoms. The Morgan fingerprint density at radius 1 is 1.05 bits per heavy atom. The lowest BCUT2D eigenvalue weighted by Gasteiger charge is -2.15. The Bertz CT molecular complexity index is 627. The van der Waals surface area contributed by atoms with Crippen molar-refractivity contribution in [2.45, 2.75) is 47.0 Å². The third-order valence-corrected chi connectivity index (χ3v) is 3.54. The van der Waals surface area contributed by atoms with Crippen LogP contribution in [0.25, 0.3) is 0 Å². The van der Waals surface area contributed by atoms with Gasteiger partial charge < -0.3 is 5.43 Å². The van der Waals surface area contributed by atoms with E-state index in [2.05, 4.69) is 61.3 Å². The fourth-order valence-electron chi connectivity index (χ4n) is 2.87. The summed E-state index contributed by atoms with van der Waals surface area (Å²) in [6.07, 6.45) is 0.719. The molecule has 112 valence electrons. The number of hydrogen-bond acceptors (Lipinski definition) is 4. The molecule has 2 rings (SSSR count). The Kier molecular flexibility index (Phi) is 4.58. The molecule has 0 saturated carbocycles. The second kappa shape index (κ2) is 6.22. The summed E-state index contributed by atoms with van der Waals surface area (Å²) in [5.74, 6) is 7.50. The van der Waals surface area contributed by atoms with Gasteiger partial charge in [0.1, 0.15) is 11.6 Å². The van der Waals surface area contributed by atoms with Crippen LogP contribution in [0.3, 0.4) is 0 Å². The van der Waals surface area contributed by atoms with Crippen molar-refractivity contribution in [1.29, 1.82) is 0 Å². The largest absolute Gasteiger partial charge is 0.308 e. The first-order chi connectivity index (χ1) is 9.90. The number of hydrogen-bond donors (Lipinski definition) is 2. The minimum atomic E-state index is 0.339. The van der Waals surface area contributed by atoms with Gasteiger partial charge in [-0.05, 0) is 32.3 Å². The summed E-state index contributed by atoms with van der Waals surface area (Å²) in [4.78, 5) is 9.23. The quantitative estimate of drug-likeness (QED) is 0.667. The molecule has 0 saturated heterocycles. The standard InChI is InChI=1S/C17H24N4/c1-10(2)16-13(5)19-15(20-17(16)21-18)9-14-7-11(3)6-12(4)8-14/h6-8,10H,9,18H2,1-5H3,(H,19,20,21). The second-order valence-electron chi connectivity index (χ2n) is 5.96. The van der Waals surface area contributed by atoms with Crippen molar-refractivity contribution >= 4 is 5.82 Å². The second-order valence-corrected chi connectivity index (χ2v) is 5.96. The minimum Gasteiger partial charge on any atom is -0.308 e. The number of aromatic nitrogens is 2. The summed E-state index contributed by atoms with van der Waals surface area (Å²) < 4.78 is 0. The van der Waals surface area contributed by atoms with Crippen LogP contribution in [0.2, 0.25) is 0 Å². The fraction of sp³-hybridized carbons (Fsp3) is 0.412. The number of anilines is 1. The number of nitrogens with one attached hydrogen (secondary N) is 1. The molecule has 1 aromatic heterocycles. The van der Waals surface area contributed by atoms with Crippen molar-refractivity contribution in [3.63, 3.8) is 0 Å². The first-order valence-electron chi connectivity index (χ1n) is 7.32. The van der Waals surface area contributed by atoms with E-state index in [0.29, 0.717) is 5.92 Å². The van der Waals surface area contributed by atoms with Gasteiger partial charge in [-0.3, -0.25) is 0 Å². The number of nitrogen functional groups attached to an aromatic ring is 1. The van der Waals surface area contributed by atoms with E-state index in [1.54, 1.807) is 0 Å². The van der Waals surface area contributed by atoms with Gasteiger partial charge in [-0.1, -0.05) is 43.2 Å². The van der Waals surface area contributed by atoms with Gasteiger partial charge in [0.15, 0.2) is 0 Å². The summed E-state index contributed by atoms with van der Waals surface area (Å²) >= 11 is 0. The molecule has 0 radical (unpaired) electrons. The van der Waals surface area contributed by atoms with Crippen LogP contribution in [0.5, 0.6) is 0 Å². The van der Waals surface area contributed by atoms with E-state index in [-0.39, 0.29) is 0 Å². The first-order valence-corrected chi connectivity index (χ1v) is 7.32. The lowest BCUT2D eigenvalue weighted by Crippen LogP contribution is -2.15. The number of benzene rings is 1. The van der Waals surface area contributed by atoms with Crippen LogP contribution < -0.4 is 11.3 Å². The van der Waals surface area contributed by atoms with E-state index < -0.39 is 0 Å². The Labute approximate surface area is 126 Å². The van der Waals surface area contributed by atoms with Gasteiger partial charge in [0.25, 0.3) is 0 Å². The molecule has 21 heavy (non-hydrogen) atoms. The summed E-state index contributed by atoms with van der Waals surface area (Å²) in [5, 5.41) is 0. The zero-order valence-corrected chi connectivity index (χ0v) is 13.5. The Balaban J connectivity index is 2.39. The molecule has 4 heteroatoms. The van der Waals surface area contributed by atoms with Crippen LogP contribution in [0.4, 0.5) is 5.82 Å². The molecule has 0 spiro atoms. The molecule has 0 fully saturated rings. The average molecular weight is 284 g/mol. The Hall–Kier alpha value is -1.94. The van der Waals surface area contributed by atoms with Gasteiger partial charge >= 0.3 is 0 Å². The lowest BCUT2D eigenvalue weighted by molar-refractivity contribution is 0.811. The molecule has 0 atom stereocenters. The molecule has 1 heterocycles. The van der Waals surface area contributed by atoms with Gasteiger partial charge in [-0.2, -0.15) is 0 Å². The van der Waals surface area contributed by atoms with Crippen molar-refractivity contribution in [2.24, 2.45) is 5.84 Å². The van der Waals surface area contributed by atoms with Gasteiger partial charge in [-0.15, -0.1) is 0 Å². The van der Waals surface area contributed by atoms with E-state index in [4.69, 9.17) is 5.84 Å². The molecule has 2 aromatic rings. The average Bonchev–Trinajstić information content (AvgIpc) is 2.35. The molecular weight excluding hydrogens is 260 g/mol. The van der Waals surface area contributed by atoms with Gasteiger partial charge in [0, 0.05) is 17.7 Å². The molecule has 0 aliphatic carbocycles. The van der Waals surface area contributed by atoms with Gasteiger partial charge in [-0.25, -0.2) is 15.8 Å². The van der Waals surface area contributed by atoms with Crippen LogP contribution in [0.1, 0.15) is 53.5 Å². The van der Waals surface area contributed by atoms with Crippen LogP contribution in [0.15, 0.2) is 18.2 Å². The number of hydrazine groups is 1. The van der Waals surface area contributed by atoms with E-state index >= 15 is 0 Å². The van der Waals surface area contributed by atoms with E-state index in [1.807, 2.05) is 6.92 Å². The highest BCUT2D eigenvalue weighted by Crippen LogP contribution is 2.25. The van der Waals surface area contributed by atoms with Crippen molar-refractivity contribution in [2.75, 3.05) is 5.43 Å². The zero-order chi connectivity index (χ0) is 15.6. The highest BCUT2D eigenvalue weighted by Gasteiger charge is 2.14. The van der Waals surface area contributed by atoms with E-state index in [0.717, 1.165) is 29.3 Å². The molecule has 0 aliphatic heterocycles. The number of rotatable bonds is 4. The van der Waals surface area contributed by atoms with E-state index in [1.165, 1.54) is 16.7 Å². The van der Waals surface area contributed by atoms with Crippen LogP contribution in [-0.4, -0.2) is 9.97 Å². The SMILES string of the molecule is Cc1cc(C)cc(Cc2nc(C)c(C(C)C)c(NN)n2)c1. The molecule has 3 N–H and O–H groups in total. The molecule has 1 aromatic carbocycles. The predicted molar refractivity (Wildman–Crippen MR) is 87.4 cm³/mol. The zero-order valence-electron chi connectivity index (χ0n) is 13.5. The maximum atomic E-state index is 5.63. The topological polar surface area (TPSA) is 63.8 Å². The maximum Gasteiger partial charge on any atom is 0.147 e. The van der Waals surface area contributed by atoms with Crippen molar-refractivity contribution < 1.29 is 0 Å². The normalized spacial score (nSPS) is 11.0. The Morgan fingerprint density at radius 2 is 1.67 bits per heavy atom. The number of nitrogens with zero attached hydrogens (tertiary/aromatic N) is 2. The highest BCUT2D eigenvalue weighted by molar-refractivity contribution is 5.47. The minimum absolute atomic E-state index is 0.339. The van der Waals surface area contributed by atoms with Crippen LogP contribution in [-0.2, 0) is 6.42 Å². The third kappa shape index (κ3) is 3.58. The fourth-order valence-corrected chi connectivity index (χ4v) is 2.87. The predicted octanol–water partition coefficient (Wildman–Crippen LogP) is 3.40. The summed E-state index contributed by atoms with van der Waals surface area (Å²) in [7, 11) is 0. The van der Waals surface area contributed by atoms with E-state index in [9.17, 15) is 0 Å². The summed E-state index contributed by atoms with van der Waals surface area (Å²) in [5.41, 5.74) is 8.55. The molecular formula is C17H24N4. The first kappa shape index (κ1) is 15.4. The van der Waals surface area contributed by atoms with Crippen LogP contribution in [0, 0.1) is 20.8 Å². The molecule has 0 unspecified atom stereocenters. The Morgan fingerprint density at radius 3 is 2.19 bits per heavy atom. The monoisotopic (exact) mass is 284 g/mol. The number of nitrogens with two attached hydrogens (primary N) is 1.